The van der Waals surface area contributed by atoms with E-state index in [1.54, 1.807) is 12.1 Å². The van der Waals surface area contributed by atoms with Crippen LogP contribution in [0.5, 0.6) is 11.5 Å². The lowest BCUT2D eigenvalue weighted by atomic mass is 9.91. The molecule has 0 aliphatic carbocycles. The number of phenols is 1. The van der Waals surface area contributed by atoms with Gasteiger partial charge < -0.3 is 14.3 Å². The predicted molar refractivity (Wildman–Crippen MR) is 128 cm³/mol. The van der Waals surface area contributed by atoms with Crippen molar-refractivity contribution >= 4 is 38.8 Å². The molecule has 0 unspecified atom stereocenters. The van der Waals surface area contributed by atoms with Crippen molar-refractivity contribution < 1.29 is 19.1 Å². The lowest BCUT2D eigenvalue weighted by molar-refractivity contribution is 0.101. The number of hydrogen-bond acceptors (Lipinski definition) is 5. The van der Waals surface area contributed by atoms with Crippen LogP contribution in [0.1, 0.15) is 47.5 Å². The number of aryl methyl sites for hydroxylation is 1. The lowest BCUT2D eigenvalue weighted by Gasteiger charge is -2.35. The number of ketones is 1. The summed E-state index contributed by atoms with van der Waals surface area (Å²) in [6.07, 6.45) is 2.85. The molecule has 0 spiro atoms. The minimum Gasteiger partial charge on any atom is -0.507 e. The largest absolute Gasteiger partial charge is 0.507 e. The van der Waals surface area contributed by atoms with Gasteiger partial charge in [-0.15, -0.1) is 0 Å². The number of hydrogen-bond donors (Lipinski definition) is 1. The highest BCUT2D eigenvalue weighted by molar-refractivity contribution is 9.10. The van der Waals surface area contributed by atoms with E-state index >= 15 is 0 Å². The molecule has 0 bridgehead atoms. The van der Waals surface area contributed by atoms with E-state index in [0.717, 1.165) is 28.5 Å². The SMILES string of the molecule is Cc1cc(O)c(CN2C[C@H](C)C[C@@H](C)C2)c2c1C(=O)/C(=C/c1cc3cc(Br)ccc3o1)O2. The number of rotatable bonds is 3. The Morgan fingerprint density at radius 2 is 1.94 bits per heavy atom. The number of furan rings is 1. The maximum Gasteiger partial charge on any atom is 0.232 e. The fourth-order valence-corrected chi connectivity index (χ4v) is 5.49. The fourth-order valence-electron chi connectivity index (χ4n) is 5.11. The van der Waals surface area contributed by atoms with Crippen LogP contribution in [0.25, 0.3) is 17.0 Å². The molecular weight excluding hydrogens is 470 g/mol. The Bertz CT molecular complexity index is 1250. The first kappa shape index (κ1) is 21.3. The van der Waals surface area contributed by atoms with E-state index in [2.05, 4.69) is 34.7 Å². The number of benzene rings is 2. The third-order valence-corrected chi connectivity index (χ3v) is 6.81. The maximum atomic E-state index is 13.2. The van der Waals surface area contributed by atoms with Crippen molar-refractivity contribution in [1.82, 2.24) is 4.90 Å². The number of piperidine rings is 1. The summed E-state index contributed by atoms with van der Waals surface area (Å²) in [6.45, 7) is 8.84. The zero-order valence-corrected chi connectivity index (χ0v) is 20.0. The number of carbonyl (C=O) groups excluding carboxylic acids is 1. The summed E-state index contributed by atoms with van der Waals surface area (Å²) >= 11 is 3.47. The molecule has 2 aliphatic heterocycles. The standard InChI is InChI=1S/C26H26BrNO4/c1-14-6-15(2)12-28(11-14)13-20-21(29)7-16(3)24-25(30)23(32-26(20)24)10-19-9-17-8-18(27)4-5-22(17)31-19/h4-5,7-10,14-15,29H,6,11-13H2,1-3H3/b23-10-/t14-,15-/m1/s1. The van der Waals surface area contributed by atoms with E-state index in [9.17, 15) is 9.90 Å². The summed E-state index contributed by atoms with van der Waals surface area (Å²) in [5.74, 6) is 2.44. The van der Waals surface area contributed by atoms with Crippen LogP contribution in [0.2, 0.25) is 0 Å². The van der Waals surface area contributed by atoms with Gasteiger partial charge in [-0.2, -0.15) is 0 Å². The van der Waals surface area contributed by atoms with E-state index in [1.807, 2.05) is 31.2 Å². The second-order valence-corrected chi connectivity index (χ2v) is 10.2. The van der Waals surface area contributed by atoms with E-state index in [1.165, 1.54) is 6.42 Å². The van der Waals surface area contributed by atoms with Crippen LogP contribution >= 0.6 is 15.9 Å². The summed E-state index contributed by atoms with van der Waals surface area (Å²) in [5.41, 5.74) is 2.66. The van der Waals surface area contributed by atoms with E-state index < -0.39 is 0 Å². The topological polar surface area (TPSA) is 62.9 Å². The van der Waals surface area contributed by atoms with Gasteiger partial charge >= 0.3 is 0 Å². The van der Waals surface area contributed by atoms with Crippen molar-refractivity contribution in [3.63, 3.8) is 0 Å². The Morgan fingerprint density at radius 1 is 1.19 bits per heavy atom. The van der Waals surface area contributed by atoms with E-state index in [4.69, 9.17) is 9.15 Å². The van der Waals surface area contributed by atoms with Gasteiger partial charge in [-0.1, -0.05) is 29.8 Å². The van der Waals surface area contributed by atoms with Crippen LogP contribution < -0.4 is 4.74 Å². The molecule has 1 fully saturated rings. The number of fused-ring (bicyclic) bond motifs is 2. The summed E-state index contributed by atoms with van der Waals surface area (Å²) in [7, 11) is 0. The second-order valence-electron chi connectivity index (χ2n) is 9.31. The second kappa shape index (κ2) is 8.09. The van der Waals surface area contributed by atoms with Crippen molar-refractivity contribution in [2.24, 2.45) is 11.8 Å². The molecule has 0 amide bonds. The molecule has 5 nitrogen and oxygen atoms in total. The molecule has 1 aromatic heterocycles. The quantitative estimate of drug-likeness (QED) is 0.431. The van der Waals surface area contributed by atoms with Crippen LogP contribution in [0.15, 0.2) is 45.0 Å². The predicted octanol–water partition coefficient (Wildman–Crippen LogP) is 6.30. The summed E-state index contributed by atoms with van der Waals surface area (Å²) in [4.78, 5) is 15.6. The van der Waals surface area contributed by atoms with Crippen LogP contribution in [-0.2, 0) is 6.54 Å². The number of phenolic OH excluding ortho intramolecular Hbond substituents is 1. The number of nitrogens with zero attached hydrogens (tertiary/aromatic N) is 1. The zero-order valence-electron chi connectivity index (χ0n) is 18.4. The molecule has 5 rings (SSSR count). The Labute approximate surface area is 195 Å². The van der Waals surface area contributed by atoms with Gasteiger partial charge in [0.1, 0.15) is 22.8 Å². The van der Waals surface area contributed by atoms with Gasteiger partial charge in [0, 0.05) is 35.6 Å². The number of halogens is 1. The molecule has 1 saturated heterocycles. The smallest absolute Gasteiger partial charge is 0.232 e. The molecule has 0 saturated carbocycles. The van der Waals surface area contributed by atoms with Gasteiger partial charge in [0.25, 0.3) is 0 Å². The van der Waals surface area contributed by atoms with Crippen LogP contribution in [0.4, 0.5) is 0 Å². The highest BCUT2D eigenvalue weighted by Gasteiger charge is 2.34. The maximum absolute atomic E-state index is 13.2. The normalized spacial score (nSPS) is 22.5. The molecule has 166 valence electrons. The number of ether oxygens (including phenoxy) is 1. The first-order valence-electron chi connectivity index (χ1n) is 11.0. The molecule has 3 heterocycles. The Hall–Kier alpha value is -2.57. The minimum absolute atomic E-state index is 0.176. The molecule has 3 aromatic rings. The van der Waals surface area contributed by atoms with Gasteiger partial charge in [-0.05, 0) is 61.1 Å². The molecule has 1 N–H and O–H groups in total. The third kappa shape index (κ3) is 3.86. The van der Waals surface area contributed by atoms with Crippen molar-refractivity contribution in [3.8, 4) is 11.5 Å². The number of aromatic hydroxyl groups is 1. The third-order valence-electron chi connectivity index (χ3n) is 6.32. The molecule has 0 radical (unpaired) electrons. The molecule has 32 heavy (non-hydrogen) atoms. The summed E-state index contributed by atoms with van der Waals surface area (Å²) < 4.78 is 12.9. The molecule has 2 atom stereocenters. The molecule has 2 aliphatic rings. The van der Waals surface area contributed by atoms with Gasteiger partial charge in [-0.25, -0.2) is 0 Å². The highest BCUT2D eigenvalue weighted by atomic mass is 79.9. The average molecular weight is 496 g/mol. The number of likely N-dealkylation sites (tertiary alicyclic amines) is 1. The summed E-state index contributed by atoms with van der Waals surface area (Å²) in [5, 5.41) is 11.7. The van der Waals surface area contributed by atoms with Crippen LogP contribution in [0.3, 0.4) is 0 Å². The van der Waals surface area contributed by atoms with Crippen molar-refractivity contribution in [2.45, 2.75) is 33.7 Å². The van der Waals surface area contributed by atoms with Crippen molar-refractivity contribution in [3.05, 3.63) is 63.0 Å². The first-order valence-corrected chi connectivity index (χ1v) is 11.8. The van der Waals surface area contributed by atoms with Gasteiger partial charge in [0.2, 0.25) is 5.78 Å². The molecule has 6 heteroatoms. The Balaban J connectivity index is 1.49. The number of allylic oxidation sites excluding steroid dienone is 1. The zero-order chi connectivity index (χ0) is 22.6. The van der Waals surface area contributed by atoms with Crippen molar-refractivity contribution in [2.75, 3.05) is 13.1 Å². The van der Waals surface area contributed by atoms with Crippen LogP contribution in [-0.4, -0.2) is 28.9 Å². The molecule has 2 aromatic carbocycles. The average Bonchev–Trinajstić information content (AvgIpc) is 3.25. The fraction of sp³-hybridized carbons (Fsp3) is 0.346. The van der Waals surface area contributed by atoms with Crippen LogP contribution in [0, 0.1) is 18.8 Å². The Kier molecular flexibility index (Phi) is 5.38. The molecular formula is C26H26BrNO4. The van der Waals surface area contributed by atoms with E-state index in [-0.39, 0.29) is 17.3 Å². The number of Topliss-reactive ketones (excluding diaryl/α,β-unsaturated/α-hetero) is 1. The first-order chi connectivity index (χ1) is 15.3. The van der Waals surface area contributed by atoms with Gasteiger partial charge in [0.05, 0.1) is 11.1 Å². The number of carbonyl (C=O) groups is 1. The van der Waals surface area contributed by atoms with Gasteiger partial charge in [0.15, 0.2) is 5.76 Å². The lowest BCUT2D eigenvalue weighted by Crippen LogP contribution is -2.38. The monoisotopic (exact) mass is 495 g/mol. The minimum atomic E-state index is -0.180. The Morgan fingerprint density at radius 3 is 2.69 bits per heavy atom. The highest BCUT2D eigenvalue weighted by Crippen LogP contribution is 2.43. The summed E-state index contributed by atoms with van der Waals surface area (Å²) in [6, 6.07) is 9.32. The van der Waals surface area contributed by atoms with Gasteiger partial charge in [-0.3, -0.25) is 9.69 Å². The van der Waals surface area contributed by atoms with Crippen molar-refractivity contribution in [1.29, 1.82) is 0 Å². The van der Waals surface area contributed by atoms with E-state index in [0.29, 0.717) is 46.6 Å².